The quantitative estimate of drug-likeness (QED) is 0.715. The van der Waals surface area contributed by atoms with Crippen molar-refractivity contribution in [2.75, 3.05) is 40.0 Å². The Kier molecular flexibility index (Phi) is 6.54. The molecule has 2 fully saturated rings. The van der Waals surface area contributed by atoms with Crippen LogP contribution in [0.2, 0.25) is 0 Å². The molecule has 0 aromatic rings. The molecular formula is C12H21ClN2O4. The second-order valence-corrected chi connectivity index (χ2v) is 4.70. The average Bonchev–Trinajstić information content (AvgIpc) is 2.47. The van der Waals surface area contributed by atoms with Gasteiger partial charge < -0.3 is 19.7 Å². The zero-order valence-electron chi connectivity index (χ0n) is 11.1. The molecule has 19 heavy (non-hydrogen) atoms. The van der Waals surface area contributed by atoms with Crippen molar-refractivity contribution in [2.45, 2.75) is 18.9 Å². The monoisotopic (exact) mass is 292 g/mol. The van der Waals surface area contributed by atoms with Crippen LogP contribution in [0.15, 0.2) is 0 Å². The fourth-order valence-corrected chi connectivity index (χ4v) is 2.45. The van der Waals surface area contributed by atoms with E-state index in [0.29, 0.717) is 39.1 Å². The van der Waals surface area contributed by atoms with Crippen LogP contribution in [0.1, 0.15) is 12.8 Å². The number of nitrogens with one attached hydrogen (secondary N) is 1. The summed E-state index contributed by atoms with van der Waals surface area (Å²) in [6, 6.07) is -0.228. The molecule has 2 aliphatic heterocycles. The van der Waals surface area contributed by atoms with Crippen molar-refractivity contribution >= 4 is 24.3 Å². The highest BCUT2D eigenvalue weighted by atomic mass is 35.5. The predicted octanol–water partition coefficient (Wildman–Crippen LogP) is -0.192. The zero-order chi connectivity index (χ0) is 13.0. The number of carbonyl (C=O) groups is 2. The average molecular weight is 293 g/mol. The molecule has 0 radical (unpaired) electrons. The highest BCUT2D eigenvalue weighted by Gasteiger charge is 2.31. The smallest absolute Gasteiger partial charge is 0.308 e. The van der Waals surface area contributed by atoms with E-state index in [0.717, 1.165) is 6.54 Å². The van der Waals surface area contributed by atoms with Crippen molar-refractivity contribution in [3.63, 3.8) is 0 Å². The van der Waals surface area contributed by atoms with Gasteiger partial charge in [0.2, 0.25) is 5.91 Å². The number of hydrogen-bond acceptors (Lipinski definition) is 5. The van der Waals surface area contributed by atoms with Gasteiger partial charge in [0.05, 0.1) is 26.2 Å². The third kappa shape index (κ3) is 4.06. The van der Waals surface area contributed by atoms with Gasteiger partial charge in [0, 0.05) is 19.6 Å². The number of ether oxygens (including phenoxy) is 2. The number of carbonyl (C=O) groups excluding carboxylic acids is 2. The van der Waals surface area contributed by atoms with Gasteiger partial charge in [-0.3, -0.25) is 9.59 Å². The maximum absolute atomic E-state index is 12.2. The summed E-state index contributed by atoms with van der Waals surface area (Å²) in [5.41, 5.74) is 0. The van der Waals surface area contributed by atoms with E-state index < -0.39 is 0 Å². The Bertz CT molecular complexity index is 313. The maximum Gasteiger partial charge on any atom is 0.308 e. The molecule has 1 N–H and O–H groups in total. The number of likely N-dealkylation sites (tertiary alicyclic amines) is 1. The topological polar surface area (TPSA) is 67.9 Å². The summed E-state index contributed by atoms with van der Waals surface area (Å²) in [5, 5.41) is 3.15. The molecule has 0 aromatic carbocycles. The number of hydrogen-bond donors (Lipinski definition) is 1. The minimum atomic E-state index is -0.228. The van der Waals surface area contributed by atoms with Crippen LogP contribution in [0.4, 0.5) is 0 Å². The van der Waals surface area contributed by atoms with Crippen molar-refractivity contribution in [1.29, 1.82) is 0 Å². The Balaban J connectivity index is 0.00000180. The number of rotatable bonds is 2. The molecule has 1 atom stereocenters. The summed E-state index contributed by atoms with van der Waals surface area (Å²) < 4.78 is 10.0. The second-order valence-electron chi connectivity index (χ2n) is 4.70. The van der Waals surface area contributed by atoms with Crippen LogP contribution < -0.4 is 5.32 Å². The van der Waals surface area contributed by atoms with Crippen LogP contribution in [-0.2, 0) is 19.1 Å². The van der Waals surface area contributed by atoms with Crippen LogP contribution in [0.3, 0.4) is 0 Å². The first-order valence-corrected chi connectivity index (χ1v) is 6.40. The lowest BCUT2D eigenvalue weighted by molar-refractivity contribution is -0.149. The standard InChI is InChI=1S/C12H20N2O4.ClH/c1-17-12(16)9-2-5-14(6-3-9)11(15)10-8-18-7-4-13-10;/h9-10,13H,2-8H2,1H3;1H. The normalized spacial score (nSPS) is 24.5. The van der Waals surface area contributed by atoms with Gasteiger partial charge in [0.1, 0.15) is 6.04 Å². The summed E-state index contributed by atoms with van der Waals surface area (Å²) in [4.78, 5) is 25.4. The van der Waals surface area contributed by atoms with Crippen molar-refractivity contribution in [1.82, 2.24) is 10.2 Å². The number of piperidine rings is 1. The lowest BCUT2D eigenvalue weighted by Gasteiger charge is -2.34. The minimum absolute atomic E-state index is 0. The molecule has 2 aliphatic rings. The number of esters is 1. The highest BCUT2D eigenvalue weighted by molar-refractivity contribution is 5.85. The van der Waals surface area contributed by atoms with Gasteiger partial charge in [-0.05, 0) is 12.8 Å². The Hall–Kier alpha value is -0.850. The van der Waals surface area contributed by atoms with E-state index in [1.807, 2.05) is 4.90 Å². The summed E-state index contributed by atoms with van der Waals surface area (Å²) in [7, 11) is 1.41. The number of halogens is 1. The van der Waals surface area contributed by atoms with Crippen LogP contribution in [0, 0.1) is 5.92 Å². The molecular weight excluding hydrogens is 272 g/mol. The summed E-state index contributed by atoms with van der Waals surface area (Å²) >= 11 is 0. The van der Waals surface area contributed by atoms with Crippen LogP contribution in [-0.4, -0.2) is 62.8 Å². The largest absolute Gasteiger partial charge is 0.469 e. The van der Waals surface area contributed by atoms with Gasteiger partial charge in [-0.25, -0.2) is 0 Å². The number of amides is 1. The molecule has 1 unspecified atom stereocenters. The third-order valence-electron chi connectivity index (χ3n) is 3.56. The van der Waals surface area contributed by atoms with Gasteiger partial charge in [-0.15, -0.1) is 12.4 Å². The molecule has 2 heterocycles. The minimum Gasteiger partial charge on any atom is -0.469 e. The number of morpholine rings is 1. The maximum atomic E-state index is 12.2. The Morgan fingerprint density at radius 3 is 2.53 bits per heavy atom. The van der Waals surface area contributed by atoms with E-state index in [4.69, 9.17) is 9.47 Å². The summed E-state index contributed by atoms with van der Waals surface area (Å²) in [6.45, 7) is 3.06. The molecule has 110 valence electrons. The van der Waals surface area contributed by atoms with E-state index in [1.165, 1.54) is 7.11 Å². The summed E-state index contributed by atoms with van der Waals surface area (Å²) in [5.74, 6) is -0.145. The molecule has 2 saturated heterocycles. The fourth-order valence-electron chi connectivity index (χ4n) is 2.45. The number of methoxy groups -OCH3 is 1. The fraction of sp³-hybridized carbons (Fsp3) is 0.833. The third-order valence-corrected chi connectivity index (χ3v) is 3.56. The Morgan fingerprint density at radius 1 is 1.32 bits per heavy atom. The van der Waals surface area contributed by atoms with Gasteiger partial charge in [-0.2, -0.15) is 0 Å². The SMILES string of the molecule is COC(=O)C1CCN(C(=O)C2COCCN2)CC1.Cl. The molecule has 1 amide bonds. The van der Waals surface area contributed by atoms with Gasteiger partial charge >= 0.3 is 5.97 Å². The van der Waals surface area contributed by atoms with Crippen molar-refractivity contribution in [3.8, 4) is 0 Å². The number of nitrogens with zero attached hydrogens (tertiary/aromatic N) is 1. The molecule has 0 aromatic heterocycles. The lowest BCUT2D eigenvalue weighted by atomic mass is 9.96. The first kappa shape index (κ1) is 16.2. The van der Waals surface area contributed by atoms with E-state index in [-0.39, 0.29) is 36.2 Å². The van der Waals surface area contributed by atoms with E-state index in [2.05, 4.69) is 5.32 Å². The van der Waals surface area contributed by atoms with Crippen molar-refractivity contribution < 1.29 is 19.1 Å². The summed E-state index contributed by atoms with van der Waals surface area (Å²) in [6.07, 6.45) is 1.37. The van der Waals surface area contributed by atoms with E-state index >= 15 is 0 Å². The van der Waals surface area contributed by atoms with E-state index in [1.54, 1.807) is 0 Å². The molecule has 0 bridgehead atoms. The predicted molar refractivity (Wildman–Crippen MR) is 71.2 cm³/mol. The van der Waals surface area contributed by atoms with Crippen molar-refractivity contribution in [2.24, 2.45) is 5.92 Å². The van der Waals surface area contributed by atoms with Gasteiger partial charge in [0.15, 0.2) is 0 Å². The van der Waals surface area contributed by atoms with Crippen LogP contribution >= 0.6 is 12.4 Å². The second kappa shape index (κ2) is 7.67. The van der Waals surface area contributed by atoms with E-state index in [9.17, 15) is 9.59 Å². The Morgan fingerprint density at radius 2 is 2.00 bits per heavy atom. The molecule has 0 saturated carbocycles. The van der Waals surface area contributed by atoms with Crippen molar-refractivity contribution in [3.05, 3.63) is 0 Å². The highest BCUT2D eigenvalue weighted by Crippen LogP contribution is 2.19. The molecule has 0 spiro atoms. The molecule has 2 rings (SSSR count). The van der Waals surface area contributed by atoms with Gasteiger partial charge in [0.25, 0.3) is 0 Å². The Labute approximate surface area is 119 Å². The lowest BCUT2D eigenvalue weighted by Crippen LogP contribution is -2.54. The molecule has 7 heteroatoms. The van der Waals surface area contributed by atoms with Crippen LogP contribution in [0.5, 0.6) is 0 Å². The van der Waals surface area contributed by atoms with Gasteiger partial charge in [-0.1, -0.05) is 0 Å². The molecule has 0 aliphatic carbocycles. The first-order valence-electron chi connectivity index (χ1n) is 6.40. The zero-order valence-corrected chi connectivity index (χ0v) is 11.9. The first-order chi connectivity index (χ1) is 8.72. The van der Waals surface area contributed by atoms with Crippen LogP contribution in [0.25, 0.3) is 0 Å². The molecule has 6 nitrogen and oxygen atoms in total.